The molecule has 1 aliphatic heterocycles. The summed E-state index contributed by atoms with van der Waals surface area (Å²) in [7, 11) is 0. The van der Waals surface area contributed by atoms with Gasteiger partial charge in [-0.1, -0.05) is 6.07 Å². The van der Waals surface area contributed by atoms with Gasteiger partial charge in [-0.25, -0.2) is 0 Å². The summed E-state index contributed by atoms with van der Waals surface area (Å²) in [6.07, 6.45) is -5.58. The average Bonchev–Trinajstić information content (AvgIpc) is 2.93. The van der Waals surface area contributed by atoms with Gasteiger partial charge in [0.25, 0.3) is 0 Å². The van der Waals surface area contributed by atoms with Crippen molar-refractivity contribution in [1.82, 2.24) is 0 Å². The lowest BCUT2D eigenvalue weighted by atomic mass is 9.86. The molecule has 0 amide bonds. The van der Waals surface area contributed by atoms with E-state index in [1.807, 2.05) is 19.9 Å². The van der Waals surface area contributed by atoms with Crippen molar-refractivity contribution in [2.45, 2.75) is 64.3 Å². The Labute approximate surface area is 175 Å². The molecule has 6 atom stereocenters. The van der Waals surface area contributed by atoms with E-state index in [0.717, 1.165) is 22.3 Å². The van der Waals surface area contributed by atoms with E-state index in [1.165, 1.54) is 0 Å². The number of carbonyl (C=O) groups excluding carboxylic acids is 1. The van der Waals surface area contributed by atoms with Crippen molar-refractivity contribution in [3.05, 3.63) is 33.9 Å². The van der Waals surface area contributed by atoms with Gasteiger partial charge in [0.15, 0.2) is 12.1 Å². The summed E-state index contributed by atoms with van der Waals surface area (Å²) in [6.45, 7) is 5.19. The van der Waals surface area contributed by atoms with Gasteiger partial charge in [0.1, 0.15) is 24.4 Å². The zero-order valence-electron chi connectivity index (χ0n) is 16.9. The van der Waals surface area contributed by atoms with Gasteiger partial charge >= 0.3 is 0 Å². The number of alkyl halides is 1. The number of fused-ring (bicyclic) bond motifs is 1. The maximum Gasteiger partial charge on any atom is 0.186 e. The Hall–Kier alpha value is -1.06. The summed E-state index contributed by atoms with van der Waals surface area (Å²) in [5, 5.41) is 39.3. The molecule has 1 fully saturated rings. The Morgan fingerprint density at radius 3 is 2.55 bits per heavy atom. The van der Waals surface area contributed by atoms with Crippen molar-refractivity contribution < 1.29 is 34.7 Å². The van der Waals surface area contributed by atoms with Crippen LogP contribution >= 0.6 is 11.6 Å². The van der Waals surface area contributed by atoms with Gasteiger partial charge in [-0.05, 0) is 55.9 Å². The molecule has 29 heavy (non-hydrogen) atoms. The van der Waals surface area contributed by atoms with Crippen molar-refractivity contribution in [1.29, 1.82) is 0 Å². The van der Waals surface area contributed by atoms with E-state index in [4.69, 9.17) is 21.1 Å². The van der Waals surface area contributed by atoms with Crippen LogP contribution in [0.2, 0.25) is 0 Å². The minimum absolute atomic E-state index is 0.0352. The van der Waals surface area contributed by atoms with E-state index >= 15 is 0 Å². The van der Waals surface area contributed by atoms with Gasteiger partial charge in [-0.3, -0.25) is 4.79 Å². The van der Waals surface area contributed by atoms with Crippen LogP contribution < -0.4 is 0 Å². The molecule has 1 heterocycles. The lowest BCUT2D eigenvalue weighted by molar-refractivity contribution is -0.304. The highest BCUT2D eigenvalue weighted by Crippen LogP contribution is 2.41. The number of ether oxygens (including phenoxy) is 2. The fourth-order valence-corrected chi connectivity index (χ4v) is 4.62. The number of Topliss-reactive ketones (excluding diaryl/α,β-unsaturated/α-hetero) is 1. The van der Waals surface area contributed by atoms with Crippen molar-refractivity contribution in [2.75, 3.05) is 19.1 Å². The zero-order chi connectivity index (χ0) is 21.5. The predicted molar refractivity (Wildman–Crippen MR) is 106 cm³/mol. The summed E-state index contributed by atoms with van der Waals surface area (Å²) in [6, 6.07) is 2.03. The number of benzene rings is 1. The van der Waals surface area contributed by atoms with Crippen LogP contribution in [-0.2, 0) is 22.3 Å². The number of hydrogen-bond acceptors (Lipinski definition) is 7. The Bertz CT molecular complexity index is 781. The van der Waals surface area contributed by atoms with E-state index in [9.17, 15) is 25.2 Å². The number of aryl methyl sites for hydroxylation is 1. The van der Waals surface area contributed by atoms with Crippen LogP contribution in [-0.4, -0.2) is 76.0 Å². The summed E-state index contributed by atoms with van der Waals surface area (Å²) >= 11 is 5.92. The molecule has 0 bridgehead atoms. The normalized spacial score (nSPS) is 34.5. The molecule has 1 aromatic rings. The lowest BCUT2D eigenvalue weighted by Gasteiger charge is -2.40. The van der Waals surface area contributed by atoms with E-state index in [1.54, 1.807) is 6.92 Å². The molecule has 8 heteroatoms. The standard InChI is InChI=1S/C21H29ClO7/c1-10-6-12-7-21(3,19(27)15(12)11(2)13(10)4-5-22)9-28-20-18(26)17(25)16(24)14(8-23)29-20/h6,14,16-18,20,23-26H,4-5,7-9H2,1-3H3/t14-,16-,17+,18-,20-,21+/m1/s1. The minimum Gasteiger partial charge on any atom is -0.394 e. The third kappa shape index (κ3) is 3.97. The summed E-state index contributed by atoms with van der Waals surface area (Å²) in [5.41, 5.74) is 3.96. The fourth-order valence-electron chi connectivity index (χ4n) is 4.43. The molecule has 7 nitrogen and oxygen atoms in total. The first kappa shape index (κ1) is 22.6. The molecule has 1 saturated heterocycles. The first-order chi connectivity index (χ1) is 13.6. The van der Waals surface area contributed by atoms with E-state index < -0.39 is 42.7 Å². The molecule has 0 radical (unpaired) electrons. The Balaban J connectivity index is 1.78. The first-order valence-corrected chi connectivity index (χ1v) is 10.3. The first-order valence-electron chi connectivity index (χ1n) is 9.79. The van der Waals surface area contributed by atoms with Crippen LogP contribution in [0, 0.1) is 19.3 Å². The third-order valence-corrected chi connectivity index (χ3v) is 6.32. The van der Waals surface area contributed by atoms with Gasteiger partial charge in [-0.2, -0.15) is 0 Å². The highest BCUT2D eigenvalue weighted by molar-refractivity contribution is 6.18. The molecule has 0 aromatic heterocycles. The number of hydrogen-bond donors (Lipinski definition) is 4. The van der Waals surface area contributed by atoms with E-state index in [2.05, 4.69) is 0 Å². The number of aliphatic hydroxyl groups is 4. The van der Waals surface area contributed by atoms with Crippen LogP contribution in [0.15, 0.2) is 6.07 Å². The number of aliphatic hydroxyl groups excluding tert-OH is 4. The van der Waals surface area contributed by atoms with Crippen molar-refractivity contribution in [2.24, 2.45) is 5.41 Å². The monoisotopic (exact) mass is 428 g/mol. The number of halogens is 1. The van der Waals surface area contributed by atoms with E-state index in [-0.39, 0.29) is 12.4 Å². The van der Waals surface area contributed by atoms with Crippen LogP contribution in [0.4, 0.5) is 0 Å². The van der Waals surface area contributed by atoms with Crippen LogP contribution in [0.25, 0.3) is 0 Å². The maximum atomic E-state index is 13.3. The predicted octanol–water partition coefficient (Wildman–Crippen LogP) is 0.646. The average molecular weight is 429 g/mol. The lowest BCUT2D eigenvalue weighted by Crippen LogP contribution is -2.59. The summed E-state index contributed by atoms with van der Waals surface area (Å²) < 4.78 is 11.1. The molecule has 2 aliphatic rings. The third-order valence-electron chi connectivity index (χ3n) is 6.13. The van der Waals surface area contributed by atoms with Gasteiger partial charge in [0, 0.05) is 11.4 Å². The molecule has 0 saturated carbocycles. The zero-order valence-corrected chi connectivity index (χ0v) is 17.6. The van der Waals surface area contributed by atoms with Crippen molar-refractivity contribution in [3.8, 4) is 0 Å². The number of carbonyl (C=O) groups is 1. The van der Waals surface area contributed by atoms with Crippen LogP contribution in [0.5, 0.6) is 0 Å². The highest BCUT2D eigenvalue weighted by atomic mass is 35.5. The molecule has 4 N–H and O–H groups in total. The molecule has 3 rings (SSSR count). The molecule has 1 aliphatic carbocycles. The second-order valence-electron chi connectivity index (χ2n) is 8.34. The molecular weight excluding hydrogens is 400 g/mol. The second-order valence-corrected chi connectivity index (χ2v) is 8.72. The van der Waals surface area contributed by atoms with Gasteiger partial charge < -0.3 is 29.9 Å². The largest absolute Gasteiger partial charge is 0.394 e. The van der Waals surface area contributed by atoms with Gasteiger partial charge in [-0.15, -0.1) is 11.6 Å². The SMILES string of the molecule is Cc1cc2c(c(C)c1CCCl)C(=O)[C@](C)(CO[C@@H]1O[C@H](CO)[C@@H](O)[C@H](O)[C@H]1O)C2. The smallest absolute Gasteiger partial charge is 0.186 e. The maximum absolute atomic E-state index is 13.3. The number of rotatable bonds is 6. The molecular formula is C21H29ClO7. The topological polar surface area (TPSA) is 116 Å². The quantitative estimate of drug-likeness (QED) is 0.491. The fraction of sp³-hybridized carbons (Fsp3) is 0.667. The Kier molecular flexibility index (Phi) is 6.70. The Morgan fingerprint density at radius 1 is 1.24 bits per heavy atom. The number of ketones is 1. The summed E-state index contributed by atoms with van der Waals surface area (Å²) in [4.78, 5) is 13.3. The molecule has 1 aromatic carbocycles. The second kappa shape index (κ2) is 8.59. The van der Waals surface area contributed by atoms with Gasteiger partial charge in [0.2, 0.25) is 0 Å². The van der Waals surface area contributed by atoms with Crippen molar-refractivity contribution in [3.63, 3.8) is 0 Å². The Morgan fingerprint density at radius 2 is 1.93 bits per heavy atom. The summed E-state index contributed by atoms with van der Waals surface area (Å²) in [5.74, 6) is 0.442. The van der Waals surface area contributed by atoms with Crippen LogP contribution in [0.1, 0.15) is 39.5 Å². The highest BCUT2D eigenvalue weighted by Gasteiger charge is 2.47. The molecule has 0 spiro atoms. The minimum atomic E-state index is -1.52. The molecule has 162 valence electrons. The van der Waals surface area contributed by atoms with Crippen LogP contribution in [0.3, 0.4) is 0 Å². The van der Waals surface area contributed by atoms with Crippen molar-refractivity contribution >= 4 is 17.4 Å². The van der Waals surface area contributed by atoms with E-state index in [0.29, 0.717) is 24.3 Å². The van der Waals surface area contributed by atoms with Gasteiger partial charge in [0.05, 0.1) is 18.6 Å². The molecule has 0 unspecified atom stereocenters.